The van der Waals surface area contributed by atoms with Crippen molar-refractivity contribution in [2.45, 2.75) is 32.6 Å². The summed E-state index contributed by atoms with van der Waals surface area (Å²) in [6.07, 6.45) is 14.1. The number of terminal acetylenes is 1. The molecule has 0 atom stereocenters. The topological polar surface area (TPSA) is 59.4 Å². The number of carbonyl (C=O) groups is 1. The lowest BCUT2D eigenvalue weighted by Crippen LogP contribution is -1.98. The molecule has 1 heterocycles. The van der Waals surface area contributed by atoms with Crippen LogP contribution in [0.4, 0.5) is 0 Å². The molecule has 1 N–H and O–H groups in total. The van der Waals surface area contributed by atoms with E-state index >= 15 is 0 Å². The second-order valence-corrected chi connectivity index (χ2v) is 6.05. The van der Waals surface area contributed by atoms with Crippen LogP contribution < -0.4 is 4.74 Å². The minimum atomic E-state index is -0.901. The van der Waals surface area contributed by atoms with Crippen LogP contribution in [0.25, 0.3) is 0 Å². The second kappa shape index (κ2) is 12.6. The Morgan fingerprint density at radius 2 is 2.15 bits per heavy atom. The molecule has 5 heteroatoms. The largest absolute Gasteiger partial charge is 0.496 e. The third kappa shape index (κ3) is 8.44. The van der Waals surface area contributed by atoms with Gasteiger partial charge in [0.15, 0.2) is 0 Å². The number of methoxy groups -OCH3 is 1. The molecule has 0 saturated heterocycles. The maximum Gasteiger partial charge on any atom is 0.335 e. The molecule has 0 fully saturated rings. The molecule has 0 saturated carbocycles. The molecule has 4 nitrogen and oxygen atoms in total. The van der Waals surface area contributed by atoms with Crippen molar-refractivity contribution in [2.24, 2.45) is 0 Å². The molecule has 0 aliphatic carbocycles. The number of unbranched alkanes of at least 4 members (excludes halogenated alkanes) is 1. The second-order valence-electron chi connectivity index (χ2n) is 5.61. The van der Waals surface area contributed by atoms with Crippen molar-refractivity contribution < 1.29 is 14.6 Å². The molecule has 142 valence electrons. The van der Waals surface area contributed by atoms with E-state index in [1.807, 2.05) is 31.2 Å². The number of hydrogen-bond acceptors (Lipinski definition) is 3. The zero-order valence-electron chi connectivity index (χ0n) is 15.6. The van der Waals surface area contributed by atoms with Crippen molar-refractivity contribution >= 4 is 17.6 Å². The minimum absolute atomic E-state index is 0.303. The normalized spacial score (nSPS) is 10.0. The van der Waals surface area contributed by atoms with Gasteiger partial charge < -0.3 is 9.84 Å². The Morgan fingerprint density at radius 1 is 1.37 bits per heavy atom. The molecule has 0 aliphatic heterocycles. The van der Waals surface area contributed by atoms with E-state index < -0.39 is 5.97 Å². The summed E-state index contributed by atoms with van der Waals surface area (Å²) in [5.41, 5.74) is 2.29. The number of carboxylic acids is 1. The van der Waals surface area contributed by atoms with Crippen LogP contribution in [0, 0.1) is 12.3 Å². The Kier molecular flexibility index (Phi) is 10.4. The Balaban J connectivity index is 0.000000289. The maximum absolute atomic E-state index is 10.4. The van der Waals surface area contributed by atoms with E-state index in [1.165, 1.54) is 17.8 Å². The lowest BCUT2D eigenvalue weighted by molar-refractivity contribution is 0.0696. The molecule has 1 aromatic carbocycles. The van der Waals surface area contributed by atoms with Crippen molar-refractivity contribution in [2.75, 3.05) is 7.11 Å². The van der Waals surface area contributed by atoms with Gasteiger partial charge in [0.2, 0.25) is 0 Å². The molecular weight excluding hydrogens is 362 g/mol. The van der Waals surface area contributed by atoms with Gasteiger partial charge in [-0.15, -0.1) is 6.42 Å². The van der Waals surface area contributed by atoms with E-state index in [4.69, 9.17) is 27.9 Å². The smallest absolute Gasteiger partial charge is 0.335 e. The highest BCUT2D eigenvalue weighted by Gasteiger charge is 2.03. The van der Waals surface area contributed by atoms with E-state index in [0.717, 1.165) is 37.1 Å². The van der Waals surface area contributed by atoms with E-state index in [9.17, 15) is 4.79 Å². The summed E-state index contributed by atoms with van der Waals surface area (Å²) in [6.45, 7) is 1.94. The number of pyridine rings is 1. The van der Waals surface area contributed by atoms with Crippen LogP contribution >= 0.6 is 11.6 Å². The predicted molar refractivity (Wildman–Crippen MR) is 109 cm³/mol. The number of aromatic nitrogens is 1. The summed E-state index contributed by atoms with van der Waals surface area (Å²) >= 11 is 5.88. The maximum atomic E-state index is 10.4. The van der Waals surface area contributed by atoms with Gasteiger partial charge in [0, 0.05) is 16.9 Å². The molecule has 0 unspecified atom stereocenters. The molecule has 0 amide bonds. The standard InChI is InChI=1S/C14H15ClO.C8H9NO2/c1-3-4-5-6-7-8-12-9-10-13(15)11-14(12)16-2;1-2-7-5-6(8(10)11)3-4-9-7/h1,4-5,9-11H,6-8H2,2H3;3-5H,2H2,1H3,(H,10,11)/b5-4-;. The molecule has 1 aromatic heterocycles. The number of ether oxygens (including phenoxy) is 1. The summed E-state index contributed by atoms with van der Waals surface area (Å²) in [4.78, 5) is 14.4. The number of rotatable bonds is 7. The molecule has 0 radical (unpaired) electrons. The van der Waals surface area contributed by atoms with E-state index in [2.05, 4.69) is 10.9 Å². The molecule has 2 rings (SSSR count). The van der Waals surface area contributed by atoms with E-state index in [-0.39, 0.29) is 0 Å². The van der Waals surface area contributed by atoms with E-state index in [0.29, 0.717) is 10.6 Å². The van der Waals surface area contributed by atoms with Crippen LogP contribution in [0.15, 0.2) is 48.7 Å². The lowest BCUT2D eigenvalue weighted by Gasteiger charge is -2.07. The van der Waals surface area contributed by atoms with E-state index in [1.54, 1.807) is 19.3 Å². The fourth-order valence-corrected chi connectivity index (χ4v) is 2.45. The van der Waals surface area contributed by atoms with Gasteiger partial charge >= 0.3 is 5.97 Å². The van der Waals surface area contributed by atoms with Gasteiger partial charge in [0.25, 0.3) is 0 Å². The predicted octanol–water partition coefficient (Wildman–Crippen LogP) is 5.20. The van der Waals surface area contributed by atoms with Crippen LogP contribution in [-0.2, 0) is 12.8 Å². The van der Waals surface area contributed by atoms with Crippen LogP contribution in [0.2, 0.25) is 5.02 Å². The number of aromatic carboxylic acids is 1. The van der Waals surface area contributed by atoms with Crippen LogP contribution in [-0.4, -0.2) is 23.2 Å². The number of allylic oxidation sites excluding steroid dienone is 2. The third-order valence-corrected chi connectivity index (χ3v) is 3.94. The average Bonchev–Trinajstić information content (AvgIpc) is 2.69. The van der Waals surface area contributed by atoms with Crippen molar-refractivity contribution in [1.29, 1.82) is 0 Å². The van der Waals surface area contributed by atoms with Crippen LogP contribution in [0.3, 0.4) is 0 Å². The fraction of sp³-hybridized carbons (Fsp3) is 0.273. The fourth-order valence-electron chi connectivity index (χ4n) is 2.29. The summed E-state index contributed by atoms with van der Waals surface area (Å²) < 4.78 is 5.27. The number of hydrogen-bond donors (Lipinski definition) is 1. The van der Waals surface area contributed by atoms with Gasteiger partial charge in [-0.05, 0) is 61.6 Å². The lowest BCUT2D eigenvalue weighted by atomic mass is 10.1. The Labute approximate surface area is 165 Å². The average molecular weight is 386 g/mol. The van der Waals surface area contributed by atoms with Gasteiger partial charge in [0.05, 0.1) is 12.7 Å². The summed E-state index contributed by atoms with van der Waals surface area (Å²) in [6, 6.07) is 8.81. The number of benzene rings is 1. The van der Waals surface area contributed by atoms with Gasteiger partial charge in [-0.1, -0.05) is 36.6 Å². The summed E-state index contributed by atoms with van der Waals surface area (Å²) in [7, 11) is 1.66. The first kappa shape index (κ1) is 22.3. The first-order valence-electron chi connectivity index (χ1n) is 8.63. The Morgan fingerprint density at radius 3 is 2.78 bits per heavy atom. The van der Waals surface area contributed by atoms with Crippen LogP contribution in [0.5, 0.6) is 5.75 Å². The Hall–Kier alpha value is -2.77. The quantitative estimate of drug-likeness (QED) is 0.525. The zero-order valence-corrected chi connectivity index (χ0v) is 16.4. The van der Waals surface area contributed by atoms with Gasteiger partial charge in [-0.3, -0.25) is 4.98 Å². The first-order valence-corrected chi connectivity index (χ1v) is 9.01. The highest BCUT2D eigenvalue weighted by Crippen LogP contribution is 2.24. The summed E-state index contributed by atoms with van der Waals surface area (Å²) in [5.74, 6) is 2.43. The van der Waals surface area contributed by atoms with Crippen molar-refractivity contribution in [3.63, 3.8) is 0 Å². The molecule has 2 aromatic rings. The molecule has 0 spiro atoms. The third-order valence-electron chi connectivity index (χ3n) is 3.71. The number of carboxylic acid groups (broad SMARTS) is 1. The minimum Gasteiger partial charge on any atom is -0.496 e. The number of aryl methyl sites for hydroxylation is 2. The highest BCUT2D eigenvalue weighted by molar-refractivity contribution is 6.30. The van der Waals surface area contributed by atoms with Gasteiger partial charge in [-0.2, -0.15) is 0 Å². The highest BCUT2D eigenvalue weighted by atomic mass is 35.5. The monoisotopic (exact) mass is 385 g/mol. The molecule has 0 aliphatic rings. The Bertz CT molecular complexity index is 809. The zero-order chi connectivity index (χ0) is 20.1. The molecule has 27 heavy (non-hydrogen) atoms. The van der Waals surface area contributed by atoms with Gasteiger partial charge in [-0.25, -0.2) is 4.79 Å². The summed E-state index contributed by atoms with van der Waals surface area (Å²) in [5, 5.41) is 9.28. The van der Waals surface area contributed by atoms with Gasteiger partial charge in [0.1, 0.15) is 5.75 Å². The van der Waals surface area contributed by atoms with Crippen LogP contribution in [0.1, 0.15) is 41.4 Å². The number of nitrogens with zero attached hydrogens (tertiary/aromatic N) is 1. The first-order chi connectivity index (χ1) is 13.0. The SMILES string of the molecule is C#C/C=C\CCCc1ccc(Cl)cc1OC.CCc1cc(C(=O)O)ccn1. The molecular formula is C22H24ClNO3. The number of halogens is 1. The van der Waals surface area contributed by atoms with Crippen molar-refractivity contribution in [3.05, 3.63) is 70.5 Å². The molecule has 0 bridgehead atoms. The van der Waals surface area contributed by atoms with Crippen molar-refractivity contribution in [3.8, 4) is 18.1 Å². The van der Waals surface area contributed by atoms with Crippen molar-refractivity contribution in [1.82, 2.24) is 4.98 Å².